The van der Waals surface area contributed by atoms with Crippen LogP contribution in [0.4, 0.5) is 0 Å². The first-order valence-electron chi connectivity index (χ1n) is 7.30. The Hall–Kier alpha value is -1.06. The topological polar surface area (TPSA) is 52.8 Å². The monoisotopic (exact) mass is 448 g/mol. The van der Waals surface area contributed by atoms with E-state index >= 15 is 0 Å². The summed E-state index contributed by atoms with van der Waals surface area (Å²) in [6, 6.07) is 8.36. The normalized spacial score (nSPS) is 12.8. The van der Waals surface area contributed by atoms with Gasteiger partial charge in [0.25, 0.3) is 0 Å². The molecule has 2 N–H and O–H groups in total. The summed E-state index contributed by atoms with van der Waals surface area (Å²) >= 11 is 1.80. The third kappa shape index (κ3) is 6.15. The van der Waals surface area contributed by atoms with Crippen molar-refractivity contribution in [3.63, 3.8) is 0 Å². The maximum absolute atomic E-state index is 5.51. The van der Waals surface area contributed by atoms with E-state index in [-0.39, 0.29) is 30.0 Å². The van der Waals surface area contributed by atoms with Crippen LogP contribution in [0.25, 0.3) is 0 Å². The fraction of sp³-hybridized carbons (Fsp3) is 0.438. The molecule has 2 heterocycles. The Bertz CT molecular complexity index is 595. The van der Waals surface area contributed by atoms with E-state index in [4.69, 9.17) is 4.42 Å². The number of hydrogen-bond acceptors (Lipinski definition) is 4. The Morgan fingerprint density at radius 3 is 2.61 bits per heavy atom. The molecule has 7 heteroatoms. The van der Waals surface area contributed by atoms with Gasteiger partial charge in [0.1, 0.15) is 5.76 Å². The molecule has 0 amide bonds. The van der Waals surface area contributed by atoms with Crippen LogP contribution in [0.1, 0.15) is 21.6 Å². The van der Waals surface area contributed by atoms with E-state index in [1.54, 1.807) is 24.6 Å². The fourth-order valence-electron chi connectivity index (χ4n) is 2.18. The first-order chi connectivity index (χ1) is 10.6. The third-order valence-electron chi connectivity index (χ3n) is 3.41. The lowest BCUT2D eigenvalue weighted by molar-refractivity contribution is 0.258. The Kier molecular flexibility index (Phi) is 8.64. The molecule has 1 unspecified atom stereocenters. The standard InChI is InChI=1S/C16H24N4OS.HI/c1-12-7-8-13(22-12)10-18-16(17-2)19-11-14(20(3)4)15-6-5-9-21-15;/h5-9,14H,10-11H2,1-4H3,(H2,17,18,19);1H. The molecule has 0 aliphatic heterocycles. The summed E-state index contributed by atoms with van der Waals surface area (Å²) in [5.41, 5.74) is 0. The highest BCUT2D eigenvalue weighted by molar-refractivity contribution is 14.0. The summed E-state index contributed by atoms with van der Waals surface area (Å²) in [6.07, 6.45) is 1.71. The molecule has 0 aliphatic carbocycles. The van der Waals surface area contributed by atoms with Gasteiger partial charge in [-0.05, 0) is 45.3 Å². The molecule has 0 aliphatic rings. The molecule has 0 radical (unpaired) electrons. The SMILES string of the molecule is CN=C(NCc1ccc(C)s1)NCC(c1ccco1)N(C)C.I. The zero-order valence-electron chi connectivity index (χ0n) is 14.0. The van der Waals surface area contributed by atoms with Crippen LogP contribution < -0.4 is 10.6 Å². The Labute approximate surface area is 159 Å². The van der Waals surface area contributed by atoms with Gasteiger partial charge in [0.05, 0.1) is 18.8 Å². The number of halogens is 1. The summed E-state index contributed by atoms with van der Waals surface area (Å²) in [6.45, 7) is 3.63. The molecule has 0 saturated heterocycles. The van der Waals surface area contributed by atoms with Crippen molar-refractivity contribution >= 4 is 41.3 Å². The van der Waals surface area contributed by atoms with Crippen LogP contribution in [-0.4, -0.2) is 38.5 Å². The zero-order valence-corrected chi connectivity index (χ0v) is 17.1. The average molecular weight is 448 g/mol. The molecule has 2 aromatic rings. The minimum atomic E-state index is 0. The highest BCUT2D eigenvalue weighted by Crippen LogP contribution is 2.17. The van der Waals surface area contributed by atoms with Crippen molar-refractivity contribution < 1.29 is 4.42 Å². The van der Waals surface area contributed by atoms with E-state index in [1.165, 1.54) is 9.75 Å². The van der Waals surface area contributed by atoms with Gasteiger partial charge in [-0.25, -0.2) is 0 Å². The van der Waals surface area contributed by atoms with Gasteiger partial charge in [0.2, 0.25) is 0 Å². The molecule has 0 spiro atoms. The minimum absolute atomic E-state index is 0. The van der Waals surface area contributed by atoms with E-state index in [0.29, 0.717) is 0 Å². The molecule has 2 aromatic heterocycles. The second-order valence-corrected chi connectivity index (χ2v) is 6.69. The van der Waals surface area contributed by atoms with Crippen LogP contribution in [0, 0.1) is 6.92 Å². The van der Waals surface area contributed by atoms with Gasteiger partial charge in [-0.1, -0.05) is 0 Å². The average Bonchev–Trinajstić information content (AvgIpc) is 3.14. The van der Waals surface area contributed by atoms with Crippen LogP contribution in [-0.2, 0) is 6.54 Å². The lowest BCUT2D eigenvalue weighted by Gasteiger charge is -2.23. The second-order valence-electron chi connectivity index (χ2n) is 5.31. The number of nitrogens with one attached hydrogen (secondary N) is 2. The maximum atomic E-state index is 5.51. The number of nitrogens with zero attached hydrogens (tertiary/aromatic N) is 2. The first kappa shape index (κ1) is 20.0. The van der Waals surface area contributed by atoms with Crippen LogP contribution in [0.3, 0.4) is 0 Å². The Balaban J connectivity index is 0.00000264. The summed E-state index contributed by atoms with van der Waals surface area (Å²) in [4.78, 5) is 9.03. The van der Waals surface area contributed by atoms with E-state index in [9.17, 15) is 0 Å². The lowest BCUT2D eigenvalue weighted by atomic mass is 10.2. The molecule has 1 atom stereocenters. The molecule has 0 saturated carbocycles. The Morgan fingerprint density at radius 2 is 2.09 bits per heavy atom. The molecule has 5 nitrogen and oxygen atoms in total. The minimum Gasteiger partial charge on any atom is -0.468 e. The van der Waals surface area contributed by atoms with Gasteiger partial charge >= 0.3 is 0 Å². The number of thiophene rings is 1. The van der Waals surface area contributed by atoms with Gasteiger partial charge in [-0.2, -0.15) is 0 Å². The largest absolute Gasteiger partial charge is 0.468 e. The van der Waals surface area contributed by atoms with Crippen LogP contribution in [0.2, 0.25) is 0 Å². The van der Waals surface area contributed by atoms with Crippen molar-refractivity contribution in [3.05, 3.63) is 46.0 Å². The number of hydrogen-bond donors (Lipinski definition) is 2. The van der Waals surface area contributed by atoms with Gasteiger partial charge < -0.3 is 15.1 Å². The molecule has 0 fully saturated rings. The Morgan fingerprint density at radius 1 is 1.30 bits per heavy atom. The molecular weight excluding hydrogens is 423 g/mol. The lowest BCUT2D eigenvalue weighted by Crippen LogP contribution is -2.41. The number of rotatable bonds is 6. The molecule has 23 heavy (non-hydrogen) atoms. The van der Waals surface area contributed by atoms with Crippen LogP contribution in [0.15, 0.2) is 39.9 Å². The summed E-state index contributed by atoms with van der Waals surface area (Å²) in [7, 11) is 5.87. The molecule has 0 aromatic carbocycles. The number of guanidine groups is 1. The first-order valence-corrected chi connectivity index (χ1v) is 8.11. The van der Waals surface area contributed by atoms with E-state index in [1.807, 2.05) is 26.2 Å². The predicted molar refractivity (Wildman–Crippen MR) is 108 cm³/mol. The summed E-state index contributed by atoms with van der Waals surface area (Å²) < 4.78 is 5.51. The highest BCUT2D eigenvalue weighted by Gasteiger charge is 2.17. The smallest absolute Gasteiger partial charge is 0.191 e. The van der Waals surface area contributed by atoms with Gasteiger partial charge in [0.15, 0.2) is 5.96 Å². The maximum Gasteiger partial charge on any atom is 0.191 e. The van der Waals surface area contributed by atoms with Gasteiger partial charge in [-0.3, -0.25) is 9.89 Å². The van der Waals surface area contributed by atoms with Crippen LogP contribution >= 0.6 is 35.3 Å². The van der Waals surface area contributed by atoms with Crippen molar-refractivity contribution in [2.24, 2.45) is 4.99 Å². The van der Waals surface area contributed by atoms with Gasteiger partial charge in [-0.15, -0.1) is 35.3 Å². The van der Waals surface area contributed by atoms with Crippen molar-refractivity contribution in [3.8, 4) is 0 Å². The second kappa shape index (κ2) is 9.94. The van der Waals surface area contributed by atoms with Crippen molar-refractivity contribution in [2.45, 2.75) is 19.5 Å². The van der Waals surface area contributed by atoms with Crippen molar-refractivity contribution in [1.29, 1.82) is 0 Å². The fourth-order valence-corrected chi connectivity index (χ4v) is 3.01. The number of likely N-dealkylation sites (N-methyl/N-ethyl adjacent to an activating group) is 1. The number of furan rings is 1. The summed E-state index contributed by atoms with van der Waals surface area (Å²) in [5.74, 6) is 1.74. The number of aryl methyl sites for hydroxylation is 1. The van der Waals surface area contributed by atoms with Crippen molar-refractivity contribution in [1.82, 2.24) is 15.5 Å². The van der Waals surface area contributed by atoms with E-state index in [2.05, 4.69) is 39.6 Å². The molecule has 2 rings (SSSR count). The number of aliphatic imine (C=N–C) groups is 1. The highest BCUT2D eigenvalue weighted by atomic mass is 127. The summed E-state index contributed by atoms with van der Waals surface area (Å²) in [5, 5.41) is 6.70. The zero-order chi connectivity index (χ0) is 15.9. The molecule has 0 bridgehead atoms. The van der Waals surface area contributed by atoms with E-state index < -0.39 is 0 Å². The van der Waals surface area contributed by atoms with Gasteiger partial charge in [0, 0.05) is 23.3 Å². The van der Waals surface area contributed by atoms with Crippen LogP contribution in [0.5, 0.6) is 0 Å². The van der Waals surface area contributed by atoms with Crippen molar-refractivity contribution in [2.75, 3.05) is 27.7 Å². The van der Waals surface area contributed by atoms with E-state index in [0.717, 1.165) is 24.8 Å². The predicted octanol–water partition coefficient (Wildman–Crippen LogP) is 3.24. The quantitative estimate of drug-likeness (QED) is 0.405. The molecular formula is C16H25IN4OS. The molecule has 128 valence electrons. The third-order valence-corrected chi connectivity index (χ3v) is 4.41.